The first-order valence-corrected chi connectivity index (χ1v) is 7.95. The standard InChI is InChI=1S/C18H29NO/c1-14(2)10-11-19-13-15(3)18(20,12-16(19)4)17-8-6-5-7-9-17/h5-9,14-16,20H,10-13H2,1-4H3/t15-,16-,18-/m1/s1. The normalized spacial score (nSPS) is 31.7. The SMILES string of the molecule is CC(C)CCN1C[C@@H](C)[C@@](O)(c2ccccc2)C[C@H]1C. The highest BCUT2D eigenvalue weighted by Crippen LogP contribution is 2.39. The summed E-state index contributed by atoms with van der Waals surface area (Å²) in [5, 5.41) is 11.2. The maximum atomic E-state index is 11.2. The van der Waals surface area contributed by atoms with E-state index in [0.717, 1.165) is 31.0 Å². The molecular formula is C18H29NO. The van der Waals surface area contributed by atoms with E-state index >= 15 is 0 Å². The average Bonchev–Trinajstić information content (AvgIpc) is 2.42. The van der Waals surface area contributed by atoms with E-state index < -0.39 is 5.60 Å². The number of benzene rings is 1. The highest BCUT2D eigenvalue weighted by atomic mass is 16.3. The summed E-state index contributed by atoms with van der Waals surface area (Å²) < 4.78 is 0. The van der Waals surface area contributed by atoms with Gasteiger partial charge in [0.15, 0.2) is 0 Å². The Labute approximate surface area is 123 Å². The van der Waals surface area contributed by atoms with Crippen molar-refractivity contribution in [2.75, 3.05) is 13.1 Å². The molecule has 0 bridgehead atoms. The van der Waals surface area contributed by atoms with Crippen LogP contribution in [0.4, 0.5) is 0 Å². The fourth-order valence-corrected chi connectivity index (χ4v) is 3.33. The van der Waals surface area contributed by atoms with Crippen LogP contribution in [-0.4, -0.2) is 29.1 Å². The molecule has 0 aliphatic carbocycles. The molecule has 2 rings (SSSR count). The van der Waals surface area contributed by atoms with Crippen LogP contribution in [0.3, 0.4) is 0 Å². The largest absolute Gasteiger partial charge is 0.385 e. The monoisotopic (exact) mass is 275 g/mol. The van der Waals surface area contributed by atoms with Crippen LogP contribution >= 0.6 is 0 Å². The molecular weight excluding hydrogens is 246 g/mol. The van der Waals surface area contributed by atoms with Crippen molar-refractivity contribution >= 4 is 0 Å². The summed E-state index contributed by atoms with van der Waals surface area (Å²) in [5.74, 6) is 1.01. The minimum absolute atomic E-state index is 0.272. The number of aliphatic hydroxyl groups is 1. The Bertz CT molecular complexity index is 417. The van der Waals surface area contributed by atoms with Crippen LogP contribution in [0.5, 0.6) is 0 Å². The summed E-state index contributed by atoms with van der Waals surface area (Å²) in [7, 11) is 0. The third kappa shape index (κ3) is 3.24. The van der Waals surface area contributed by atoms with E-state index in [1.807, 2.05) is 18.2 Å². The van der Waals surface area contributed by atoms with Crippen molar-refractivity contribution in [3.8, 4) is 0 Å². The van der Waals surface area contributed by atoms with Gasteiger partial charge in [0.25, 0.3) is 0 Å². The molecule has 1 N–H and O–H groups in total. The molecule has 0 saturated carbocycles. The molecule has 1 saturated heterocycles. The van der Waals surface area contributed by atoms with Gasteiger partial charge in [-0.25, -0.2) is 0 Å². The van der Waals surface area contributed by atoms with Gasteiger partial charge in [-0.05, 0) is 37.8 Å². The zero-order chi connectivity index (χ0) is 14.8. The third-order valence-electron chi connectivity index (χ3n) is 4.82. The van der Waals surface area contributed by atoms with Gasteiger partial charge in [0.05, 0.1) is 5.60 Å². The van der Waals surface area contributed by atoms with Gasteiger partial charge in [0.1, 0.15) is 0 Å². The summed E-state index contributed by atoms with van der Waals surface area (Å²) in [6.07, 6.45) is 2.07. The van der Waals surface area contributed by atoms with Crippen LogP contribution < -0.4 is 0 Å². The van der Waals surface area contributed by atoms with Gasteiger partial charge in [-0.15, -0.1) is 0 Å². The molecule has 20 heavy (non-hydrogen) atoms. The first kappa shape index (κ1) is 15.5. The molecule has 2 heteroatoms. The van der Waals surface area contributed by atoms with Gasteiger partial charge < -0.3 is 10.0 Å². The van der Waals surface area contributed by atoms with Crippen LogP contribution in [0, 0.1) is 11.8 Å². The van der Waals surface area contributed by atoms with Gasteiger partial charge in [0, 0.05) is 18.5 Å². The summed E-state index contributed by atoms with van der Waals surface area (Å²) in [5.41, 5.74) is 0.400. The Hall–Kier alpha value is -0.860. The molecule has 112 valence electrons. The van der Waals surface area contributed by atoms with Gasteiger partial charge >= 0.3 is 0 Å². The molecule has 1 aliphatic rings. The Morgan fingerprint density at radius 3 is 2.50 bits per heavy atom. The van der Waals surface area contributed by atoms with Crippen LogP contribution in [0.1, 0.15) is 46.1 Å². The molecule has 2 nitrogen and oxygen atoms in total. The minimum atomic E-state index is -0.672. The first-order chi connectivity index (χ1) is 9.43. The third-order valence-corrected chi connectivity index (χ3v) is 4.82. The van der Waals surface area contributed by atoms with Gasteiger partial charge in [0.2, 0.25) is 0 Å². The Morgan fingerprint density at radius 2 is 1.90 bits per heavy atom. The van der Waals surface area contributed by atoms with Gasteiger partial charge in [-0.3, -0.25) is 0 Å². The summed E-state index contributed by atoms with van der Waals surface area (Å²) in [6.45, 7) is 11.1. The Balaban J connectivity index is 2.09. The molecule has 1 aromatic rings. The van der Waals surface area contributed by atoms with E-state index in [1.54, 1.807) is 0 Å². The van der Waals surface area contributed by atoms with Crippen molar-refractivity contribution in [1.29, 1.82) is 0 Å². The van der Waals surface area contributed by atoms with E-state index in [1.165, 1.54) is 6.42 Å². The van der Waals surface area contributed by atoms with Crippen molar-refractivity contribution in [3.63, 3.8) is 0 Å². The Morgan fingerprint density at radius 1 is 1.25 bits per heavy atom. The van der Waals surface area contributed by atoms with E-state index in [2.05, 4.69) is 44.7 Å². The predicted octanol–water partition coefficient (Wildman–Crippen LogP) is 3.65. The fourth-order valence-electron chi connectivity index (χ4n) is 3.33. The van der Waals surface area contributed by atoms with Crippen molar-refractivity contribution in [2.45, 2.75) is 52.2 Å². The minimum Gasteiger partial charge on any atom is -0.385 e. The maximum absolute atomic E-state index is 11.2. The van der Waals surface area contributed by atoms with E-state index in [-0.39, 0.29) is 5.92 Å². The van der Waals surface area contributed by atoms with E-state index in [0.29, 0.717) is 6.04 Å². The second kappa shape index (κ2) is 6.28. The smallest absolute Gasteiger partial charge is 0.0948 e. The molecule has 0 amide bonds. The van der Waals surface area contributed by atoms with Crippen LogP contribution in [0.2, 0.25) is 0 Å². The fraction of sp³-hybridized carbons (Fsp3) is 0.667. The van der Waals surface area contributed by atoms with Gasteiger partial charge in [-0.1, -0.05) is 51.1 Å². The molecule has 0 aromatic heterocycles. The molecule has 0 radical (unpaired) electrons. The molecule has 0 unspecified atom stereocenters. The first-order valence-electron chi connectivity index (χ1n) is 7.95. The van der Waals surface area contributed by atoms with Crippen LogP contribution in [0.15, 0.2) is 30.3 Å². The number of rotatable bonds is 4. The molecule has 3 atom stereocenters. The zero-order valence-electron chi connectivity index (χ0n) is 13.3. The number of nitrogens with zero attached hydrogens (tertiary/aromatic N) is 1. The summed E-state index contributed by atoms with van der Waals surface area (Å²) >= 11 is 0. The van der Waals surface area contributed by atoms with Crippen LogP contribution in [-0.2, 0) is 5.60 Å². The molecule has 1 heterocycles. The second-order valence-electron chi connectivity index (χ2n) is 6.92. The number of hydrogen-bond acceptors (Lipinski definition) is 2. The van der Waals surface area contributed by atoms with E-state index in [9.17, 15) is 5.11 Å². The van der Waals surface area contributed by atoms with Gasteiger partial charge in [-0.2, -0.15) is 0 Å². The summed E-state index contributed by atoms with van der Waals surface area (Å²) in [4.78, 5) is 2.54. The lowest BCUT2D eigenvalue weighted by atomic mass is 9.74. The highest BCUT2D eigenvalue weighted by molar-refractivity contribution is 5.24. The molecule has 1 aliphatic heterocycles. The number of hydrogen-bond donors (Lipinski definition) is 1. The number of piperidine rings is 1. The van der Waals surface area contributed by atoms with Crippen LogP contribution in [0.25, 0.3) is 0 Å². The second-order valence-corrected chi connectivity index (χ2v) is 6.92. The van der Waals surface area contributed by atoms with Crippen molar-refractivity contribution in [2.24, 2.45) is 11.8 Å². The topological polar surface area (TPSA) is 23.5 Å². The average molecular weight is 275 g/mol. The van der Waals surface area contributed by atoms with Crippen molar-refractivity contribution < 1.29 is 5.11 Å². The van der Waals surface area contributed by atoms with Crippen molar-refractivity contribution in [3.05, 3.63) is 35.9 Å². The molecule has 1 fully saturated rings. The molecule has 1 aromatic carbocycles. The quantitative estimate of drug-likeness (QED) is 0.906. The molecule has 0 spiro atoms. The summed E-state index contributed by atoms with van der Waals surface area (Å²) in [6, 6.07) is 10.6. The lowest BCUT2D eigenvalue weighted by molar-refractivity contribution is -0.0911. The van der Waals surface area contributed by atoms with Crippen molar-refractivity contribution in [1.82, 2.24) is 4.90 Å². The maximum Gasteiger partial charge on any atom is 0.0948 e. The predicted molar refractivity (Wildman–Crippen MR) is 84.6 cm³/mol. The highest BCUT2D eigenvalue weighted by Gasteiger charge is 2.42. The Kier molecular flexibility index (Phi) is 4.87. The van der Waals surface area contributed by atoms with E-state index in [4.69, 9.17) is 0 Å². The lowest BCUT2D eigenvalue weighted by Gasteiger charge is -2.47. The zero-order valence-corrected chi connectivity index (χ0v) is 13.3. The number of likely N-dealkylation sites (tertiary alicyclic amines) is 1. The lowest BCUT2D eigenvalue weighted by Crippen LogP contribution is -2.53.